The predicted octanol–water partition coefficient (Wildman–Crippen LogP) is 5.65. The van der Waals surface area contributed by atoms with Gasteiger partial charge in [-0.15, -0.1) is 0 Å². The Balaban J connectivity index is 3.08. The summed E-state index contributed by atoms with van der Waals surface area (Å²) >= 11 is 0. The number of hydrogen-bond acceptors (Lipinski definition) is 2. The smallest absolute Gasteiger partial charge is 0.411 e. The van der Waals surface area contributed by atoms with Crippen molar-refractivity contribution < 1.29 is 14.7 Å². The minimum Gasteiger partial charge on any atom is -0.465 e. The van der Waals surface area contributed by atoms with Gasteiger partial charge in [-0.25, -0.2) is 4.79 Å². The van der Waals surface area contributed by atoms with Crippen molar-refractivity contribution in [3.05, 3.63) is 0 Å². The molecule has 0 unspecified atom stereocenters. The van der Waals surface area contributed by atoms with E-state index in [1.165, 1.54) is 70.6 Å². The molecule has 2 amide bonds. The second kappa shape index (κ2) is 16.3. The molecule has 0 saturated carbocycles. The maximum atomic E-state index is 11.1. The average Bonchev–Trinajstić information content (AvgIpc) is 2.47. The van der Waals surface area contributed by atoms with Crippen LogP contribution in [-0.2, 0) is 4.79 Å². The van der Waals surface area contributed by atoms with Gasteiger partial charge < -0.3 is 5.11 Å². The van der Waals surface area contributed by atoms with Gasteiger partial charge in [0.15, 0.2) is 0 Å². The number of imide groups is 1. The fourth-order valence-electron chi connectivity index (χ4n) is 2.66. The maximum Gasteiger partial charge on any atom is 0.411 e. The van der Waals surface area contributed by atoms with Gasteiger partial charge in [0.25, 0.3) is 0 Å². The second-order valence-electron chi connectivity index (χ2n) is 6.20. The average molecular weight is 313 g/mol. The van der Waals surface area contributed by atoms with Crippen molar-refractivity contribution >= 4 is 12.0 Å². The van der Waals surface area contributed by atoms with Crippen molar-refractivity contribution in [1.82, 2.24) is 5.32 Å². The number of nitrogens with one attached hydrogen (secondary N) is 1. The van der Waals surface area contributed by atoms with Gasteiger partial charge in [0, 0.05) is 6.42 Å². The van der Waals surface area contributed by atoms with Crippen molar-refractivity contribution in [2.45, 2.75) is 103 Å². The molecule has 4 nitrogen and oxygen atoms in total. The zero-order valence-electron chi connectivity index (χ0n) is 14.4. The number of carbonyl (C=O) groups is 2. The van der Waals surface area contributed by atoms with Gasteiger partial charge in [-0.05, 0) is 6.42 Å². The van der Waals surface area contributed by atoms with Gasteiger partial charge in [-0.1, -0.05) is 90.4 Å². The molecule has 0 aliphatic heterocycles. The molecule has 0 heterocycles. The first-order valence-corrected chi connectivity index (χ1v) is 9.19. The van der Waals surface area contributed by atoms with E-state index < -0.39 is 6.09 Å². The number of carbonyl (C=O) groups excluding carboxylic acids is 1. The van der Waals surface area contributed by atoms with Gasteiger partial charge >= 0.3 is 6.09 Å². The van der Waals surface area contributed by atoms with Crippen LogP contribution in [0.5, 0.6) is 0 Å². The summed E-state index contributed by atoms with van der Waals surface area (Å²) in [6, 6.07) is 0. The highest BCUT2D eigenvalue weighted by molar-refractivity contribution is 5.90. The van der Waals surface area contributed by atoms with E-state index in [9.17, 15) is 9.59 Å². The summed E-state index contributed by atoms with van der Waals surface area (Å²) in [6.07, 6.45) is 16.9. The van der Waals surface area contributed by atoms with E-state index in [-0.39, 0.29) is 5.91 Å². The van der Waals surface area contributed by atoms with Gasteiger partial charge in [0.2, 0.25) is 5.91 Å². The second-order valence-corrected chi connectivity index (χ2v) is 6.20. The molecule has 0 aliphatic carbocycles. The fraction of sp³-hybridized carbons (Fsp3) is 0.889. The fourth-order valence-corrected chi connectivity index (χ4v) is 2.66. The Kier molecular flexibility index (Phi) is 15.5. The highest BCUT2D eigenvalue weighted by Crippen LogP contribution is 2.13. The Bertz CT molecular complexity index is 280. The monoisotopic (exact) mass is 313 g/mol. The lowest BCUT2D eigenvalue weighted by Crippen LogP contribution is -2.28. The van der Waals surface area contributed by atoms with Crippen LogP contribution < -0.4 is 5.32 Å². The SMILES string of the molecule is CCCCCCCCCCCCCCCCC(=O)NC(=O)O. The van der Waals surface area contributed by atoms with Crippen molar-refractivity contribution in [3.8, 4) is 0 Å². The molecule has 4 heteroatoms. The summed E-state index contributed by atoms with van der Waals surface area (Å²) in [5.74, 6) is -0.383. The molecule has 0 aliphatic rings. The quantitative estimate of drug-likeness (QED) is 0.384. The molecular weight excluding hydrogens is 278 g/mol. The Labute approximate surface area is 136 Å². The summed E-state index contributed by atoms with van der Waals surface area (Å²) in [5, 5.41) is 10.2. The molecule has 0 fully saturated rings. The van der Waals surface area contributed by atoms with E-state index >= 15 is 0 Å². The van der Waals surface area contributed by atoms with Gasteiger partial charge in [-0.2, -0.15) is 0 Å². The summed E-state index contributed by atoms with van der Waals surface area (Å²) in [6.45, 7) is 2.25. The first kappa shape index (κ1) is 20.9. The zero-order valence-corrected chi connectivity index (χ0v) is 14.4. The molecule has 2 N–H and O–H groups in total. The molecule has 0 radical (unpaired) electrons. The van der Waals surface area contributed by atoms with Crippen LogP contribution in [0.1, 0.15) is 103 Å². The molecule has 22 heavy (non-hydrogen) atoms. The molecule has 0 bridgehead atoms. The van der Waals surface area contributed by atoms with Crippen LogP contribution in [0.2, 0.25) is 0 Å². The molecule has 0 saturated heterocycles. The van der Waals surface area contributed by atoms with E-state index in [2.05, 4.69) is 6.92 Å². The number of unbranched alkanes of at least 4 members (excludes halogenated alkanes) is 13. The Morgan fingerprint density at radius 3 is 1.41 bits per heavy atom. The van der Waals surface area contributed by atoms with Crippen LogP contribution >= 0.6 is 0 Å². The minimum atomic E-state index is -1.25. The molecule has 0 spiro atoms. The zero-order chi connectivity index (χ0) is 16.5. The third-order valence-corrected chi connectivity index (χ3v) is 4.00. The topological polar surface area (TPSA) is 66.4 Å². The van der Waals surface area contributed by atoms with E-state index in [1.54, 1.807) is 0 Å². The Morgan fingerprint density at radius 2 is 1.05 bits per heavy atom. The number of hydrogen-bond donors (Lipinski definition) is 2. The summed E-state index contributed by atoms with van der Waals surface area (Å²) in [7, 11) is 0. The molecule has 0 atom stereocenters. The number of carboxylic acid groups (broad SMARTS) is 1. The summed E-state index contributed by atoms with van der Waals surface area (Å²) < 4.78 is 0. The lowest BCUT2D eigenvalue weighted by atomic mass is 10.0. The van der Waals surface area contributed by atoms with Gasteiger partial charge in [0.05, 0.1) is 0 Å². The van der Waals surface area contributed by atoms with Gasteiger partial charge in [0.1, 0.15) is 0 Å². The normalized spacial score (nSPS) is 10.6. The number of amides is 2. The Hall–Kier alpha value is -1.06. The van der Waals surface area contributed by atoms with Gasteiger partial charge in [-0.3, -0.25) is 10.1 Å². The predicted molar refractivity (Wildman–Crippen MR) is 91.1 cm³/mol. The molecular formula is C18H35NO3. The van der Waals surface area contributed by atoms with Crippen LogP contribution in [0.3, 0.4) is 0 Å². The summed E-state index contributed by atoms with van der Waals surface area (Å²) in [5.41, 5.74) is 0. The first-order valence-electron chi connectivity index (χ1n) is 9.19. The van der Waals surface area contributed by atoms with Crippen molar-refractivity contribution in [2.75, 3.05) is 0 Å². The first-order chi connectivity index (χ1) is 10.7. The molecule has 0 aromatic heterocycles. The van der Waals surface area contributed by atoms with Crippen LogP contribution in [-0.4, -0.2) is 17.1 Å². The summed E-state index contributed by atoms with van der Waals surface area (Å²) in [4.78, 5) is 21.3. The molecule has 0 aromatic carbocycles. The van der Waals surface area contributed by atoms with Crippen LogP contribution in [0.15, 0.2) is 0 Å². The Morgan fingerprint density at radius 1 is 0.682 bits per heavy atom. The van der Waals surface area contributed by atoms with Crippen molar-refractivity contribution in [1.29, 1.82) is 0 Å². The van der Waals surface area contributed by atoms with E-state index in [0.717, 1.165) is 19.3 Å². The minimum absolute atomic E-state index is 0.324. The highest BCUT2D eigenvalue weighted by atomic mass is 16.4. The largest absolute Gasteiger partial charge is 0.465 e. The van der Waals surface area contributed by atoms with Crippen LogP contribution in [0, 0.1) is 0 Å². The van der Waals surface area contributed by atoms with E-state index in [0.29, 0.717) is 6.42 Å². The lowest BCUT2D eigenvalue weighted by Gasteiger charge is -2.03. The third kappa shape index (κ3) is 17.0. The van der Waals surface area contributed by atoms with Crippen LogP contribution in [0.25, 0.3) is 0 Å². The van der Waals surface area contributed by atoms with Crippen molar-refractivity contribution in [2.24, 2.45) is 0 Å². The molecule has 130 valence electrons. The third-order valence-electron chi connectivity index (χ3n) is 4.00. The van der Waals surface area contributed by atoms with Crippen LogP contribution in [0.4, 0.5) is 4.79 Å². The maximum absolute atomic E-state index is 11.1. The highest BCUT2D eigenvalue weighted by Gasteiger charge is 2.04. The van der Waals surface area contributed by atoms with E-state index in [4.69, 9.17) is 5.11 Å². The lowest BCUT2D eigenvalue weighted by molar-refractivity contribution is -0.120. The number of rotatable bonds is 15. The molecule has 0 rings (SSSR count). The molecule has 0 aromatic rings. The standard InChI is InChI=1S/C18H35NO3/c1-2-3-4-5-6-7-8-9-10-11-12-13-14-15-16-17(20)19-18(21)22/h2-16H2,1H3,(H,19,20)(H,21,22). The van der Waals surface area contributed by atoms with Crippen molar-refractivity contribution in [3.63, 3.8) is 0 Å². The van der Waals surface area contributed by atoms with E-state index in [1.807, 2.05) is 5.32 Å².